The first kappa shape index (κ1) is 23.5. The maximum absolute atomic E-state index is 14.2. The van der Waals surface area contributed by atoms with Crippen LogP contribution in [0.5, 0.6) is 0 Å². The molecular weight excluding hydrogens is 459 g/mol. The number of allylic oxidation sites excluding steroid dienone is 1. The molecular formula is C21H18F3N5OS2. The van der Waals surface area contributed by atoms with Gasteiger partial charge in [0.2, 0.25) is 5.13 Å². The molecule has 0 radical (unpaired) electrons. The zero-order valence-corrected chi connectivity index (χ0v) is 18.1. The molecule has 6 nitrogen and oxygen atoms in total. The largest absolute Gasteiger partial charge is 0.433 e. The Labute approximate surface area is 190 Å². The van der Waals surface area contributed by atoms with Crippen LogP contribution in [-0.2, 0) is 6.42 Å². The Morgan fingerprint density at radius 1 is 1.06 bits per heavy atom. The minimum atomic E-state index is -4.83. The number of benzene rings is 2. The lowest BCUT2D eigenvalue weighted by Crippen LogP contribution is -2.28. The minimum absolute atomic E-state index is 0.0642. The molecule has 0 spiro atoms. The number of primary amides is 1. The van der Waals surface area contributed by atoms with Crippen LogP contribution in [0.4, 0.5) is 18.3 Å². The van der Waals surface area contributed by atoms with E-state index < -0.39 is 17.8 Å². The van der Waals surface area contributed by atoms with Crippen LogP contribution in [0.1, 0.15) is 21.6 Å². The van der Waals surface area contributed by atoms with Crippen molar-refractivity contribution < 1.29 is 18.0 Å². The van der Waals surface area contributed by atoms with E-state index in [0.717, 1.165) is 28.2 Å². The van der Waals surface area contributed by atoms with Gasteiger partial charge < -0.3 is 11.5 Å². The summed E-state index contributed by atoms with van der Waals surface area (Å²) in [6.07, 6.45) is -4.97. The van der Waals surface area contributed by atoms with Crippen LogP contribution >= 0.6 is 23.3 Å². The van der Waals surface area contributed by atoms with Crippen molar-refractivity contribution in [2.45, 2.75) is 17.5 Å². The predicted molar refractivity (Wildman–Crippen MR) is 122 cm³/mol. The minimum Gasteiger partial charge on any atom is -0.398 e. The molecule has 1 heterocycles. The molecule has 3 rings (SSSR count). The summed E-state index contributed by atoms with van der Waals surface area (Å²) in [5.41, 5.74) is 10.8. The monoisotopic (exact) mass is 477 g/mol. The third-order valence-corrected chi connectivity index (χ3v) is 5.64. The van der Waals surface area contributed by atoms with E-state index in [4.69, 9.17) is 16.6 Å². The molecule has 6 N–H and O–H groups in total. The number of nitrogens with zero attached hydrogens (tertiary/aromatic N) is 2. The highest BCUT2D eigenvalue weighted by Gasteiger charge is 2.39. The molecule has 0 aliphatic heterocycles. The predicted octanol–water partition coefficient (Wildman–Crippen LogP) is 4.46. The molecule has 0 aliphatic carbocycles. The highest BCUT2D eigenvalue weighted by atomic mass is 32.2. The summed E-state index contributed by atoms with van der Waals surface area (Å²) in [5.74, 6) is -0.853. The Morgan fingerprint density at radius 3 is 2.25 bits per heavy atom. The number of carbonyl (C=O) groups excluding carboxylic acids is 1. The first-order chi connectivity index (χ1) is 15.2. The number of rotatable bonds is 7. The molecule has 0 saturated heterocycles. The van der Waals surface area contributed by atoms with Crippen molar-refractivity contribution in [2.75, 3.05) is 0 Å². The van der Waals surface area contributed by atoms with Crippen LogP contribution < -0.4 is 16.6 Å². The summed E-state index contributed by atoms with van der Waals surface area (Å²) in [6, 6.07) is 15.1. The lowest BCUT2D eigenvalue weighted by Gasteiger charge is -2.17. The number of aliphatic imine (C=N–C) groups is 1. The first-order valence-electron chi connectivity index (χ1n) is 9.10. The van der Waals surface area contributed by atoms with Gasteiger partial charge in [-0.1, -0.05) is 42.5 Å². The second-order valence-corrected chi connectivity index (χ2v) is 8.08. The standard InChI is InChI=1S/C21H18F3N5OS2/c22-21(23,24)18(29-20-28-16(11-31-20)19(26)30)15(17(25)13-4-2-1-3-5-13)10-12-6-8-14(32-27)9-7-12/h1-9,11H,10,25,27H2,(H2,26,30). The number of aromatic nitrogens is 1. The summed E-state index contributed by atoms with van der Waals surface area (Å²) in [6.45, 7) is 0. The molecule has 32 heavy (non-hydrogen) atoms. The molecule has 0 aliphatic rings. The number of halogens is 3. The Kier molecular flexibility index (Phi) is 7.33. The van der Waals surface area contributed by atoms with Crippen molar-refractivity contribution >= 4 is 45.7 Å². The quantitative estimate of drug-likeness (QED) is 0.343. The third-order valence-electron chi connectivity index (χ3n) is 4.36. The fraction of sp³-hybridized carbons (Fsp3) is 0.0952. The normalized spacial score (nSPS) is 13.1. The van der Waals surface area contributed by atoms with Crippen molar-refractivity contribution in [3.63, 3.8) is 0 Å². The molecule has 0 bridgehead atoms. The van der Waals surface area contributed by atoms with E-state index in [-0.39, 0.29) is 28.5 Å². The Morgan fingerprint density at radius 2 is 1.72 bits per heavy atom. The van der Waals surface area contributed by atoms with E-state index in [1.54, 1.807) is 54.6 Å². The van der Waals surface area contributed by atoms with Crippen LogP contribution in [0.25, 0.3) is 5.70 Å². The molecule has 0 atom stereocenters. The number of nitrogens with two attached hydrogens (primary N) is 3. The van der Waals surface area contributed by atoms with Crippen molar-refractivity contribution in [1.82, 2.24) is 4.98 Å². The van der Waals surface area contributed by atoms with E-state index in [0.29, 0.717) is 11.1 Å². The average Bonchev–Trinajstić information content (AvgIpc) is 3.25. The Balaban J connectivity index is 2.16. The number of carbonyl (C=O) groups is 1. The van der Waals surface area contributed by atoms with Crippen molar-refractivity contribution in [3.05, 3.63) is 82.4 Å². The van der Waals surface area contributed by atoms with Gasteiger partial charge >= 0.3 is 6.18 Å². The van der Waals surface area contributed by atoms with Gasteiger partial charge in [-0.2, -0.15) is 13.2 Å². The van der Waals surface area contributed by atoms with Crippen molar-refractivity contribution in [1.29, 1.82) is 0 Å². The van der Waals surface area contributed by atoms with E-state index in [1.165, 1.54) is 5.38 Å². The van der Waals surface area contributed by atoms with Crippen molar-refractivity contribution in [2.24, 2.45) is 21.6 Å². The van der Waals surface area contributed by atoms with Gasteiger partial charge in [0, 0.05) is 28.0 Å². The molecule has 166 valence electrons. The van der Waals surface area contributed by atoms with E-state index >= 15 is 0 Å². The van der Waals surface area contributed by atoms with Gasteiger partial charge in [-0.05, 0) is 35.2 Å². The van der Waals surface area contributed by atoms with Crippen LogP contribution in [0.2, 0.25) is 0 Å². The Bertz CT molecular complexity index is 1160. The smallest absolute Gasteiger partial charge is 0.398 e. The fourth-order valence-electron chi connectivity index (χ4n) is 2.81. The lowest BCUT2D eigenvalue weighted by molar-refractivity contribution is -0.0582. The fourth-order valence-corrected chi connectivity index (χ4v) is 3.79. The molecule has 0 unspecified atom stereocenters. The molecule has 0 fully saturated rings. The van der Waals surface area contributed by atoms with Crippen molar-refractivity contribution in [3.8, 4) is 0 Å². The number of hydrogen-bond donors (Lipinski definition) is 3. The number of thiazole rings is 1. The van der Waals surface area contributed by atoms with Crippen LogP contribution in [0, 0.1) is 0 Å². The second kappa shape index (κ2) is 9.98. The second-order valence-electron chi connectivity index (χ2n) is 6.53. The average molecular weight is 478 g/mol. The SMILES string of the molecule is NSc1ccc(CC(C(=Nc2nc(C(N)=O)cs2)C(F)(F)F)=C(N)c2ccccc2)cc1. The number of amides is 1. The van der Waals surface area contributed by atoms with E-state index in [2.05, 4.69) is 9.98 Å². The lowest BCUT2D eigenvalue weighted by atomic mass is 9.95. The maximum atomic E-state index is 14.2. The summed E-state index contributed by atoms with van der Waals surface area (Å²) < 4.78 is 42.5. The first-order valence-corrected chi connectivity index (χ1v) is 10.9. The van der Waals surface area contributed by atoms with Crippen LogP contribution in [0.15, 0.2) is 75.4 Å². The van der Waals surface area contributed by atoms with Crippen LogP contribution in [0.3, 0.4) is 0 Å². The summed E-state index contributed by atoms with van der Waals surface area (Å²) >= 11 is 1.81. The zero-order chi connectivity index (χ0) is 23.3. The third kappa shape index (κ3) is 5.75. The van der Waals surface area contributed by atoms with Gasteiger partial charge in [-0.25, -0.2) is 9.98 Å². The van der Waals surface area contributed by atoms with Gasteiger partial charge in [0.1, 0.15) is 5.69 Å². The van der Waals surface area contributed by atoms with E-state index in [9.17, 15) is 18.0 Å². The molecule has 1 aromatic heterocycles. The van der Waals surface area contributed by atoms with Gasteiger partial charge in [-0.3, -0.25) is 9.93 Å². The van der Waals surface area contributed by atoms with Gasteiger partial charge in [0.05, 0.1) is 0 Å². The van der Waals surface area contributed by atoms with Crippen LogP contribution in [-0.4, -0.2) is 22.8 Å². The van der Waals surface area contributed by atoms with E-state index in [1.807, 2.05) is 0 Å². The van der Waals surface area contributed by atoms with Gasteiger partial charge in [0.25, 0.3) is 5.91 Å². The molecule has 0 saturated carbocycles. The summed E-state index contributed by atoms with van der Waals surface area (Å²) in [5, 5.41) is 6.52. The highest BCUT2D eigenvalue weighted by Crippen LogP contribution is 2.32. The summed E-state index contributed by atoms with van der Waals surface area (Å²) in [4.78, 5) is 19.6. The topological polar surface area (TPSA) is 120 Å². The Hall–Kier alpha value is -3.15. The zero-order valence-electron chi connectivity index (χ0n) is 16.5. The highest BCUT2D eigenvalue weighted by molar-refractivity contribution is 7.97. The van der Waals surface area contributed by atoms with Gasteiger partial charge in [-0.15, -0.1) is 11.3 Å². The number of alkyl halides is 3. The molecule has 1 amide bonds. The summed E-state index contributed by atoms with van der Waals surface area (Å²) in [7, 11) is 0. The molecule has 3 aromatic rings. The molecule has 2 aromatic carbocycles. The van der Waals surface area contributed by atoms with Gasteiger partial charge in [0.15, 0.2) is 5.71 Å². The maximum Gasteiger partial charge on any atom is 0.433 e. The number of hydrogen-bond acceptors (Lipinski definition) is 7. The molecule has 11 heteroatoms.